The fourth-order valence-corrected chi connectivity index (χ4v) is 5.16. The van der Waals surface area contributed by atoms with Gasteiger partial charge >= 0.3 is 0 Å². The Balaban J connectivity index is 1.50. The van der Waals surface area contributed by atoms with E-state index in [0.717, 1.165) is 12.8 Å². The maximum Gasteiger partial charge on any atom is 0.253 e. The predicted octanol–water partition coefficient (Wildman–Crippen LogP) is 3.58. The van der Waals surface area contributed by atoms with Crippen molar-refractivity contribution in [2.45, 2.75) is 43.5 Å². The summed E-state index contributed by atoms with van der Waals surface area (Å²) in [6.07, 6.45) is 1.50. The molecular weight excluding hydrogens is 447 g/mol. The van der Waals surface area contributed by atoms with Crippen molar-refractivity contribution in [3.8, 4) is 11.4 Å². The van der Waals surface area contributed by atoms with E-state index in [4.69, 9.17) is 4.52 Å². The Hall–Kier alpha value is -3.11. The van der Waals surface area contributed by atoms with Crippen LogP contribution in [-0.4, -0.2) is 48.5 Å². The summed E-state index contributed by atoms with van der Waals surface area (Å²) in [5.41, 5.74) is 0.815. The van der Waals surface area contributed by atoms with Gasteiger partial charge in [0, 0.05) is 30.3 Å². The molecule has 1 fully saturated rings. The molecule has 2 heterocycles. The number of likely N-dealkylation sites (tertiary alicyclic amines) is 1. The maximum absolute atomic E-state index is 13.5. The minimum absolute atomic E-state index is 0.0484. The second-order valence-corrected chi connectivity index (χ2v) is 10.1. The summed E-state index contributed by atoms with van der Waals surface area (Å²) < 4.78 is 46.4. The van der Waals surface area contributed by atoms with Crippen molar-refractivity contribution < 1.29 is 22.1 Å². The summed E-state index contributed by atoms with van der Waals surface area (Å²) in [7, 11) is -3.71. The molecule has 33 heavy (non-hydrogen) atoms. The van der Waals surface area contributed by atoms with Gasteiger partial charge in [-0.15, -0.1) is 0 Å². The molecule has 0 spiro atoms. The summed E-state index contributed by atoms with van der Waals surface area (Å²) in [6.45, 7) is 4.38. The first-order chi connectivity index (χ1) is 15.7. The number of hydrogen-bond donors (Lipinski definition) is 1. The first-order valence-electron chi connectivity index (χ1n) is 10.7. The Kier molecular flexibility index (Phi) is 6.57. The lowest BCUT2D eigenvalue weighted by Gasteiger charge is -2.31. The van der Waals surface area contributed by atoms with Gasteiger partial charge in [0.05, 0.1) is 10.8 Å². The lowest BCUT2D eigenvalue weighted by atomic mass is 9.97. The van der Waals surface area contributed by atoms with Crippen molar-refractivity contribution in [3.05, 3.63) is 65.8 Å². The summed E-state index contributed by atoms with van der Waals surface area (Å²) in [4.78, 5) is 19.3. The van der Waals surface area contributed by atoms with E-state index in [1.807, 2.05) is 0 Å². The molecule has 1 N–H and O–H groups in total. The van der Waals surface area contributed by atoms with E-state index in [2.05, 4.69) is 14.9 Å². The van der Waals surface area contributed by atoms with Gasteiger partial charge in [-0.25, -0.2) is 17.5 Å². The number of aromatic nitrogens is 2. The van der Waals surface area contributed by atoms with E-state index in [9.17, 15) is 17.6 Å². The fourth-order valence-electron chi connectivity index (χ4n) is 3.87. The fraction of sp³-hybridized carbons (Fsp3) is 0.348. The normalized spacial score (nSPS) is 16.8. The molecular formula is C23H25FN4O4S. The van der Waals surface area contributed by atoms with Crippen LogP contribution in [0.25, 0.3) is 11.4 Å². The molecule has 1 saturated heterocycles. The number of rotatable bonds is 6. The third kappa shape index (κ3) is 5.28. The van der Waals surface area contributed by atoms with Gasteiger partial charge in [0.25, 0.3) is 5.91 Å². The van der Waals surface area contributed by atoms with E-state index in [-0.39, 0.29) is 28.6 Å². The monoisotopic (exact) mass is 472 g/mol. The van der Waals surface area contributed by atoms with Crippen molar-refractivity contribution in [2.24, 2.45) is 0 Å². The van der Waals surface area contributed by atoms with E-state index in [1.54, 1.807) is 43.0 Å². The minimum atomic E-state index is -3.71. The topological polar surface area (TPSA) is 105 Å². The van der Waals surface area contributed by atoms with Crippen LogP contribution in [0, 0.1) is 5.82 Å². The van der Waals surface area contributed by atoms with E-state index >= 15 is 0 Å². The Morgan fingerprint density at radius 3 is 2.76 bits per heavy atom. The van der Waals surface area contributed by atoms with Crippen molar-refractivity contribution in [3.63, 3.8) is 0 Å². The van der Waals surface area contributed by atoms with E-state index < -0.39 is 10.0 Å². The molecule has 1 aliphatic rings. The lowest BCUT2D eigenvalue weighted by Crippen LogP contribution is -2.39. The lowest BCUT2D eigenvalue weighted by molar-refractivity contribution is 0.0695. The zero-order valence-electron chi connectivity index (χ0n) is 18.4. The third-order valence-corrected chi connectivity index (χ3v) is 7.02. The Bertz CT molecular complexity index is 1260. The van der Waals surface area contributed by atoms with Gasteiger partial charge in [-0.05, 0) is 57.0 Å². The molecule has 0 radical (unpaired) electrons. The molecule has 1 atom stereocenters. The molecule has 0 aliphatic carbocycles. The molecule has 10 heteroatoms. The zero-order chi connectivity index (χ0) is 23.6. The van der Waals surface area contributed by atoms with Crippen LogP contribution in [0.15, 0.2) is 57.9 Å². The highest BCUT2D eigenvalue weighted by Crippen LogP contribution is 2.29. The zero-order valence-corrected chi connectivity index (χ0v) is 19.2. The van der Waals surface area contributed by atoms with Gasteiger partial charge < -0.3 is 9.42 Å². The van der Waals surface area contributed by atoms with Gasteiger partial charge in [-0.2, -0.15) is 4.98 Å². The van der Waals surface area contributed by atoms with Crippen LogP contribution >= 0.6 is 0 Å². The third-order valence-electron chi connectivity index (χ3n) is 5.36. The number of carbonyl (C=O) groups is 1. The van der Waals surface area contributed by atoms with Crippen molar-refractivity contribution >= 4 is 15.9 Å². The van der Waals surface area contributed by atoms with Crippen LogP contribution in [0.2, 0.25) is 0 Å². The highest BCUT2D eigenvalue weighted by molar-refractivity contribution is 7.89. The van der Waals surface area contributed by atoms with Crippen LogP contribution in [0.3, 0.4) is 0 Å². The number of nitrogens with one attached hydrogen (secondary N) is 1. The number of halogens is 1. The molecule has 0 bridgehead atoms. The predicted molar refractivity (Wildman–Crippen MR) is 119 cm³/mol. The Morgan fingerprint density at radius 1 is 1.21 bits per heavy atom. The Morgan fingerprint density at radius 2 is 2.00 bits per heavy atom. The largest absolute Gasteiger partial charge is 0.339 e. The average molecular weight is 473 g/mol. The van der Waals surface area contributed by atoms with Gasteiger partial charge in [0.1, 0.15) is 5.82 Å². The smallest absolute Gasteiger partial charge is 0.253 e. The first kappa shape index (κ1) is 23.1. The average Bonchev–Trinajstić information content (AvgIpc) is 3.28. The van der Waals surface area contributed by atoms with Crippen LogP contribution in [0.5, 0.6) is 0 Å². The molecule has 2 aromatic carbocycles. The summed E-state index contributed by atoms with van der Waals surface area (Å²) in [5.74, 6) is -0.118. The number of benzene rings is 2. The summed E-state index contributed by atoms with van der Waals surface area (Å²) in [6, 6.07) is 11.7. The summed E-state index contributed by atoms with van der Waals surface area (Å²) >= 11 is 0. The van der Waals surface area contributed by atoms with Gasteiger partial charge in [-0.3, -0.25) is 4.79 Å². The van der Waals surface area contributed by atoms with Crippen LogP contribution < -0.4 is 4.72 Å². The molecule has 3 aromatic rings. The molecule has 174 valence electrons. The van der Waals surface area contributed by atoms with Crippen LogP contribution in [-0.2, 0) is 10.0 Å². The SMILES string of the molecule is CC(C)NS(=O)(=O)c1cccc(C(=O)N2CCCC(c3nc(-c4cccc(F)c4)no3)C2)c1. The molecule has 1 aromatic heterocycles. The minimum Gasteiger partial charge on any atom is -0.339 e. The van der Waals surface area contributed by atoms with E-state index in [1.165, 1.54) is 24.3 Å². The molecule has 8 nitrogen and oxygen atoms in total. The standard InChI is InChI=1S/C23H25FN4O4S/c1-15(2)27-33(30,31)20-10-4-7-17(13-20)23(29)28-11-5-8-18(14-28)22-25-21(26-32-22)16-6-3-9-19(24)12-16/h3-4,6-7,9-10,12-13,15,18,27H,5,8,11,14H2,1-2H3. The second kappa shape index (κ2) is 9.40. The number of sulfonamides is 1. The second-order valence-electron chi connectivity index (χ2n) is 8.36. The summed E-state index contributed by atoms with van der Waals surface area (Å²) in [5, 5.41) is 3.96. The number of amides is 1. The highest BCUT2D eigenvalue weighted by atomic mass is 32.2. The number of carbonyl (C=O) groups excluding carboxylic acids is 1. The van der Waals surface area contributed by atoms with Crippen LogP contribution in [0.1, 0.15) is 48.9 Å². The quantitative estimate of drug-likeness (QED) is 0.588. The van der Waals surface area contributed by atoms with E-state index in [0.29, 0.717) is 35.9 Å². The molecule has 0 saturated carbocycles. The highest BCUT2D eigenvalue weighted by Gasteiger charge is 2.30. The first-order valence-corrected chi connectivity index (χ1v) is 12.2. The Labute approximate surface area is 191 Å². The van der Waals surface area contributed by atoms with Crippen molar-refractivity contribution in [1.82, 2.24) is 19.8 Å². The van der Waals surface area contributed by atoms with Crippen molar-refractivity contribution in [2.75, 3.05) is 13.1 Å². The van der Waals surface area contributed by atoms with Crippen molar-refractivity contribution in [1.29, 1.82) is 0 Å². The van der Waals surface area contributed by atoms with Gasteiger partial charge in [0.2, 0.25) is 21.7 Å². The van der Waals surface area contributed by atoms with Gasteiger partial charge in [-0.1, -0.05) is 23.4 Å². The van der Waals surface area contributed by atoms with Crippen LogP contribution in [0.4, 0.5) is 4.39 Å². The number of hydrogen-bond acceptors (Lipinski definition) is 6. The molecule has 1 aliphatic heterocycles. The molecule has 1 unspecified atom stereocenters. The number of nitrogens with zero attached hydrogens (tertiary/aromatic N) is 3. The molecule has 4 rings (SSSR count). The maximum atomic E-state index is 13.5. The molecule has 1 amide bonds. The van der Waals surface area contributed by atoms with Gasteiger partial charge in [0.15, 0.2) is 0 Å². The number of piperidine rings is 1.